The molecule has 1 N–H and O–H groups in total. The molecule has 0 aliphatic heterocycles. The summed E-state index contributed by atoms with van der Waals surface area (Å²) in [5.41, 5.74) is 0.167. The number of hydrogen-bond acceptors (Lipinski definition) is 3. The third kappa shape index (κ3) is 2.10. The van der Waals surface area contributed by atoms with Gasteiger partial charge in [-0.1, -0.05) is 30.3 Å². The van der Waals surface area contributed by atoms with E-state index in [2.05, 4.69) is 11.2 Å². The molecule has 12 heavy (non-hydrogen) atoms. The first-order valence-corrected chi connectivity index (χ1v) is 5.52. The molecule has 64 valence electrons. The Morgan fingerprint density at radius 1 is 1.33 bits per heavy atom. The maximum Gasteiger partial charge on any atom is 0.276 e. The third-order valence-corrected chi connectivity index (χ3v) is 2.40. The second-order valence-corrected chi connectivity index (χ2v) is 4.80. The molecule has 0 heterocycles. The van der Waals surface area contributed by atoms with Gasteiger partial charge in [-0.2, -0.15) is 0 Å². The van der Waals surface area contributed by atoms with Gasteiger partial charge in [0.25, 0.3) is 5.12 Å². The van der Waals surface area contributed by atoms with E-state index < -0.39 is 13.9 Å². The van der Waals surface area contributed by atoms with Crippen LogP contribution < -0.4 is 0 Å². The molecule has 0 aromatic heterocycles. The summed E-state index contributed by atoms with van der Waals surface area (Å²) in [5.74, 6) is 0. The van der Waals surface area contributed by atoms with Crippen LogP contribution in [0.5, 0.6) is 0 Å². The van der Waals surface area contributed by atoms with Gasteiger partial charge in [0.05, 0.1) is 0 Å². The van der Waals surface area contributed by atoms with Gasteiger partial charge >= 0.3 is 0 Å². The first-order valence-electron chi connectivity index (χ1n) is 3.08. The van der Waals surface area contributed by atoms with Crippen molar-refractivity contribution in [2.75, 3.05) is 0 Å². The van der Waals surface area contributed by atoms with E-state index in [4.69, 9.17) is 4.55 Å². The van der Waals surface area contributed by atoms with E-state index in [1.807, 2.05) is 0 Å². The highest BCUT2D eigenvalue weighted by molar-refractivity contribution is 8.38. The lowest BCUT2D eigenvalue weighted by Gasteiger charge is -1.96. The van der Waals surface area contributed by atoms with Crippen LogP contribution in [-0.4, -0.2) is 13.9 Å². The lowest BCUT2D eigenvalue weighted by atomic mass is 10.2. The van der Waals surface area contributed by atoms with Gasteiger partial charge in [-0.25, -0.2) is 4.21 Å². The fourth-order valence-corrected chi connectivity index (χ4v) is 1.45. The molecule has 1 aromatic rings. The number of rotatable bonds is 1. The predicted octanol–water partition coefficient (Wildman–Crippen LogP) is 1.05. The Kier molecular flexibility index (Phi) is 2.56. The maximum absolute atomic E-state index is 11.0. The van der Waals surface area contributed by atoms with E-state index in [1.54, 1.807) is 18.2 Å². The molecule has 1 atom stereocenters. The summed E-state index contributed by atoms with van der Waals surface area (Å²) in [6.45, 7) is 0. The lowest BCUT2D eigenvalue weighted by Crippen LogP contribution is -2.11. The van der Waals surface area contributed by atoms with E-state index in [0.717, 1.165) is 0 Å². The highest BCUT2D eigenvalue weighted by Gasteiger charge is 2.15. The van der Waals surface area contributed by atoms with Gasteiger partial charge in [0.15, 0.2) is 0 Å². The van der Waals surface area contributed by atoms with E-state index in [9.17, 15) is 9.00 Å². The molecule has 1 aromatic carbocycles. The fourth-order valence-electron chi connectivity index (χ4n) is 0.723. The lowest BCUT2D eigenvalue weighted by molar-refractivity contribution is 0.107. The van der Waals surface area contributed by atoms with Gasteiger partial charge in [-0.3, -0.25) is 9.35 Å². The van der Waals surface area contributed by atoms with Gasteiger partial charge in [0.1, 0.15) is 0 Å². The fraction of sp³-hybridized carbons (Fsp3) is 0. The van der Waals surface area contributed by atoms with Crippen molar-refractivity contribution in [2.24, 2.45) is 0 Å². The van der Waals surface area contributed by atoms with Crippen LogP contribution in [0, 0.1) is 0 Å². The molecule has 3 nitrogen and oxygen atoms in total. The zero-order chi connectivity index (χ0) is 9.19. The van der Waals surface area contributed by atoms with Crippen molar-refractivity contribution < 1.29 is 13.6 Å². The molecule has 0 aliphatic rings. The highest BCUT2D eigenvalue weighted by Crippen LogP contribution is 2.03. The number of carbonyl (C=O) groups is 1. The first-order chi connectivity index (χ1) is 5.52. The Balaban J connectivity index is 3.11. The summed E-state index contributed by atoms with van der Waals surface area (Å²) in [4.78, 5) is 11.0. The van der Waals surface area contributed by atoms with Crippen LogP contribution in [0.3, 0.4) is 0 Å². The minimum Gasteiger partial charge on any atom is -0.300 e. The van der Waals surface area contributed by atoms with Gasteiger partial charge in [-0.05, 0) is 0 Å². The molecule has 0 radical (unpaired) electrons. The zero-order valence-corrected chi connectivity index (χ0v) is 7.60. The molecular formula is C7H6O3S2. The monoisotopic (exact) mass is 202 g/mol. The van der Waals surface area contributed by atoms with Gasteiger partial charge < -0.3 is 0 Å². The normalized spacial score (nSPS) is 15.1. The average Bonchev–Trinajstić information content (AvgIpc) is 2.03. The van der Waals surface area contributed by atoms with Crippen molar-refractivity contribution in [1.82, 2.24) is 0 Å². The summed E-state index contributed by atoms with van der Waals surface area (Å²) < 4.78 is 19.4. The summed E-state index contributed by atoms with van der Waals surface area (Å²) in [6.07, 6.45) is 0. The topological polar surface area (TPSA) is 54.4 Å². The van der Waals surface area contributed by atoms with Crippen molar-refractivity contribution in [3.63, 3.8) is 0 Å². The number of carbonyl (C=O) groups excluding carboxylic acids is 1. The summed E-state index contributed by atoms with van der Waals surface area (Å²) >= 11 is 4.12. The molecule has 1 rings (SSSR count). The Labute approximate surface area is 74.9 Å². The second kappa shape index (κ2) is 3.30. The molecule has 0 bridgehead atoms. The Morgan fingerprint density at radius 2 is 1.83 bits per heavy atom. The Hall–Kier alpha value is -0.780. The van der Waals surface area contributed by atoms with Crippen LogP contribution in [0.15, 0.2) is 30.3 Å². The third-order valence-electron chi connectivity index (χ3n) is 1.24. The van der Waals surface area contributed by atoms with Crippen LogP contribution in [0.25, 0.3) is 0 Å². The van der Waals surface area contributed by atoms with E-state index >= 15 is 0 Å². The van der Waals surface area contributed by atoms with Gasteiger partial charge in [0.2, 0.25) is 8.77 Å². The molecule has 0 amide bonds. The predicted molar refractivity (Wildman–Crippen MR) is 48.9 cm³/mol. The van der Waals surface area contributed by atoms with E-state index in [1.165, 1.54) is 12.1 Å². The minimum absolute atomic E-state index is 0.167. The Bertz CT molecular complexity index is 380. The van der Waals surface area contributed by atoms with Crippen LogP contribution in [0.4, 0.5) is 0 Å². The van der Waals surface area contributed by atoms with Gasteiger partial charge in [-0.15, -0.1) is 0 Å². The first kappa shape index (κ1) is 9.31. The van der Waals surface area contributed by atoms with Crippen LogP contribution in [-0.2, 0) is 20.0 Å². The SMILES string of the molecule is O=C(c1ccccc1)S(=O)(O)=S. The second-order valence-electron chi connectivity index (χ2n) is 2.13. The molecule has 0 saturated carbocycles. The smallest absolute Gasteiger partial charge is 0.276 e. The molecule has 1 unspecified atom stereocenters. The number of benzene rings is 1. The molecule has 0 saturated heterocycles. The zero-order valence-electron chi connectivity index (χ0n) is 5.97. The Morgan fingerprint density at radius 3 is 2.25 bits per heavy atom. The van der Waals surface area contributed by atoms with Crippen LogP contribution in [0.2, 0.25) is 0 Å². The number of hydrogen-bond donors (Lipinski definition) is 1. The molecule has 0 aliphatic carbocycles. The van der Waals surface area contributed by atoms with Crippen molar-refractivity contribution >= 4 is 25.1 Å². The molecular weight excluding hydrogens is 196 g/mol. The largest absolute Gasteiger partial charge is 0.300 e. The van der Waals surface area contributed by atoms with E-state index in [-0.39, 0.29) is 5.56 Å². The minimum atomic E-state index is -3.76. The van der Waals surface area contributed by atoms with Crippen molar-refractivity contribution in [2.45, 2.75) is 0 Å². The van der Waals surface area contributed by atoms with Crippen molar-refractivity contribution in [3.05, 3.63) is 35.9 Å². The quantitative estimate of drug-likeness (QED) is 0.739. The molecule has 0 fully saturated rings. The molecule has 0 spiro atoms. The van der Waals surface area contributed by atoms with E-state index in [0.29, 0.717) is 0 Å². The molecule has 5 heteroatoms. The van der Waals surface area contributed by atoms with Gasteiger partial charge in [0, 0.05) is 16.8 Å². The van der Waals surface area contributed by atoms with Crippen molar-refractivity contribution in [3.8, 4) is 0 Å². The van der Waals surface area contributed by atoms with Crippen LogP contribution >= 0.6 is 0 Å². The van der Waals surface area contributed by atoms with Crippen molar-refractivity contribution in [1.29, 1.82) is 0 Å². The summed E-state index contributed by atoms with van der Waals surface area (Å²) in [5, 5.41) is -0.905. The highest BCUT2D eigenvalue weighted by atomic mass is 32.8. The summed E-state index contributed by atoms with van der Waals surface area (Å²) in [7, 11) is -3.76. The summed E-state index contributed by atoms with van der Waals surface area (Å²) in [6, 6.07) is 7.82. The maximum atomic E-state index is 11.0. The van der Waals surface area contributed by atoms with Crippen LogP contribution in [0.1, 0.15) is 10.4 Å². The average molecular weight is 202 g/mol. The standard InChI is InChI=1S/C7H6O3S2/c8-7(12(9,10)11)6-4-2-1-3-5-6/h1-5H,(H,9,10,11).